The Morgan fingerprint density at radius 3 is 2.22 bits per heavy atom. The van der Waals surface area contributed by atoms with Gasteiger partial charge in [0.05, 0.1) is 18.8 Å². The van der Waals surface area contributed by atoms with Crippen molar-refractivity contribution in [2.24, 2.45) is 0 Å². The number of likely N-dealkylation sites (N-methyl/N-ethyl adjacent to an activating group) is 1. The number of amides is 2. The average molecular weight is 396 g/mol. The monoisotopic (exact) mass is 395 g/mol. The number of anilines is 2. The van der Waals surface area contributed by atoms with Gasteiger partial charge < -0.3 is 10.6 Å². The molecule has 2 aromatic rings. The summed E-state index contributed by atoms with van der Waals surface area (Å²) >= 11 is 5.93. The molecular weight excluding hydrogens is 376 g/mol. The minimum Gasteiger partial charge on any atom is -0.325 e. The number of nitrogens with one attached hydrogen (secondary N) is 2. The fourth-order valence-corrected chi connectivity index (χ4v) is 2.56. The normalized spacial score (nSPS) is 10.7. The first-order valence-electron chi connectivity index (χ1n) is 8.31. The lowest BCUT2D eigenvalue weighted by molar-refractivity contribution is -0.119. The van der Waals surface area contributed by atoms with Gasteiger partial charge in [0.25, 0.3) is 0 Å². The maximum Gasteiger partial charge on any atom is 0.238 e. The van der Waals surface area contributed by atoms with Gasteiger partial charge in [-0.25, -0.2) is 8.78 Å². The van der Waals surface area contributed by atoms with E-state index in [2.05, 4.69) is 10.6 Å². The molecular formula is C19H20ClF2N3O2. The van der Waals surface area contributed by atoms with Crippen LogP contribution in [0.2, 0.25) is 5.02 Å². The maximum absolute atomic E-state index is 13.6. The summed E-state index contributed by atoms with van der Waals surface area (Å²) in [6.45, 7) is 3.93. The largest absolute Gasteiger partial charge is 0.325 e. The Labute approximate surface area is 161 Å². The van der Waals surface area contributed by atoms with Crippen molar-refractivity contribution in [1.82, 2.24) is 4.90 Å². The molecule has 0 bridgehead atoms. The van der Waals surface area contributed by atoms with E-state index in [-0.39, 0.29) is 24.7 Å². The topological polar surface area (TPSA) is 61.4 Å². The minimum absolute atomic E-state index is 0.0260. The average Bonchev–Trinajstić information content (AvgIpc) is 2.60. The molecule has 0 unspecified atom stereocenters. The standard InChI is InChI=1S/C19H20ClF2N3O2/c1-3-25(10-18(26)23-16-7-6-14(21)9-15(16)22)11-19(27)24-17-8-13(20)5-4-12(17)2/h4-9H,3,10-11H2,1-2H3,(H,23,26)(H,24,27). The summed E-state index contributed by atoms with van der Waals surface area (Å²) in [7, 11) is 0. The van der Waals surface area contributed by atoms with Crippen LogP contribution in [0.15, 0.2) is 36.4 Å². The SMILES string of the molecule is CCN(CC(=O)Nc1cc(Cl)ccc1C)CC(=O)Nc1ccc(F)cc1F. The molecule has 0 fully saturated rings. The van der Waals surface area contributed by atoms with Crippen LogP contribution in [-0.4, -0.2) is 36.3 Å². The third-order valence-corrected chi connectivity index (χ3v) is 4.10. The fraction of sp³-hybridized carbons (Fsp3) is 0.263. The van der Waals surface area contributed by atoms with E-state index in [4.69, 9.17) is 11.6 Å². The van der Waals surface area contributed by atoms with E-state index in [0.29, 0.717) is 23.3 Å². The second-order valence-electron chi connectivity index (χ2n) is 5.98. The van der Waals surface area contributed by atoms with Crippen LogP contribution >= 0.6 is 11.6 Å². The van der Waals surface area contributed by atoms with E-state index in [1.807, 2.05) is 6.92 Å². The van der Waals surface area contributed by atoms with Crippen LogP contribution in [0.5, 0.6) is 0 Å². The van der Waals surface area contributed by atoms with Crippen LogP contribution in [-0.2, 0) is 9.59 Å². The Morgan fingerprint density at radius 1 is 1.00 bits per heavy atom. The molecule has 0 aliphatic heterocycles. The Kier molecular flexibility index (Phi) is 7.27. The number of hydrogen-bond donors (Lipinski definition) is 2. The lowest BCUT2D eigenvalue weighted by atomic mass is 10.2. The first-order chi connectivity index (χ1) is 12.8. The lowest BCUT2D eigenvalue weighted by Crippen LogP contribution is -2.38. The first kappa shape index (κ1) is 20.8. The van der Waals surface area contributed by atoms with Crippen molar-refractivity contribution in [1.29, 1.82) is 0 Å². The molecule has 2 rings (SSSR count). The highest BCUT2D eigenvalue weighted by Crippen LogP contribution is 2.20. The molecule has 5 nitrogen and oxygen atoms in total. The number of benzene rings is 2. The number of carbonyl (C=O) groups is 2. The molecule has 8 heteroatoms. The van der Waals surface area contributed by atoms with Gasteiger partial charge in [-0.2, -0.15) is 0 Å². The molecule has 0 heterocycles. The van der Waals surface area contributed by atoms with Crippen LogP contribution in [0.1, 0.15) is 12.5 Å². The molecule has 2 amide bonds. The van der Waals surface area contributed by atoms with E-state index in [9.17, 15) is 18.4 Å². The van der Waals surface area contributed by atoms with Gasteiger partial charge in [-0.15, -0.1) is 0 Å². The molecule has 2 N–H and O–H groups in total. The van der Waals surface area contributed by atoms with Gasteiger partial charge in [-0.3, -0.25) is 14.5 Å². The first-order valence-corrected chi connectivity index (χ1v) is 8.69. The number of hydrogen-bond acceptors (Lipinski definition) is 3. The molecule has 0 saturated carbocycles. The van der Waals surface area contributed by atoms with Gasteiger partial charge in [0, 0.05) is 16.8 Å². The summed E-state index contributed by atoms with van der Waals surface area (Å²) in [5.41, 5.74) is 1.35. The molecule has 0 aliphatic carbocycles. The van der Waals surface area contributed by atoms with E-state index in [1.54, 1.807) is 30.0 Å². The van der Waals surface area contributed by atoms with E-state index in [1.165, 1.54) is 0 Å². The number of nitrogens with zero attached hydrogens (tertiary/aromatic N) is 1. The number of halogens is 3. The van der Waals surface area contributed by atoms with E-state index >= 15 is 0 Å². The van der Waals surface area contributed by atoms with Crippen LogP contribution in [0.4, 0.5) is 20.2 Å². The molecule has 0 atom stereocenters. The third kappa shape index (κ3) is 6.30. The Balaban J connectivity index is 1.93. The number of carbonyl (C=O) groups excluding carboxylic acids is 2. The van der Waals surface area contributed by atoms with Crippen molar-refractivity contribution in [3.63, 3.8) is 0 Å². The molecule has 0 radical (unpaired) electrons. The highest BCUT2D eigenvalue weighted by molar-refractivity contribution is 6.31. The van der Waals surface area contributed by atoms with Crippen LogP contribution in [0, 0.1) is 18.6 Å². The number of aryl methyl sites for hydroxylation is 1. The zero-order valence-electron chi connectivity index (χ0n) is 15.0. The third-order valence-electron chi connectivity index (χ3n) is 3.86. The molecule has 0 aliphatic rings. The smallest absolute Gasteiger partial charge is 0.238 e. The summed E-state index contributed by atoms with van der Waals surface area (Å²) in [4.78, 5) is 25.9. The van der Waals surface area contributed by atoms with E-state index < -0.39 is 17.5 Å². The minimum atomic E-state index is -0.861. The van der Waals surface area contributed by atoms with Crippen molar-refractivity contribution in [2.45, 2.75) is 13.8 Å². The van der Waals surface area contributed by atoms with Crippen molar-refractivity contribution in [3.05, 3.63) is 58.6 Å². The highest BCUT2D eigenvalue weighted by Gasteiger charge is 2.15. The van der Waals surface area contributed by atoms with Gasteiger partial charge >= 0.3 is 0 Å². The zero-order valence-corrected chi connectivity index (χ0v) is 15.7. The molecule has 0 spiro atoms. The summed E-state index contributed by atoms with van der Waals surface area (Å²) < 4.78 is 26.5. The zero-order chi connectivity index (χ0) is 20.0. The predicted octanol–water partition coefficient (Wildman–Crippen LogP) is 3.83. The van der Waals surface area contributed by atoms with Crippen LogP contribution < -0.4 is 10.6 Å². The summed E-state index contributed by atoms with van der Waals surface area (Å²) in [5, 5.41) is 5.63. The van der Waals surface area contributed by atoms with Gasteiger partial charge in [-0.05, 0) is 43.3 Å². The molecule has 0 saturated heterocycles. The quantitative estimate of drug-likeness (QED) is 0.749. The van der Waals surface area contributed by atoms with Crippen molar-refractivity contribution >= 4 is 34.8 Å². The van der Waals surface area contributed by atoms with Crippen LogP contribution in [0.25, 0.3) is 0 Å². The fourth-order valence-electron chi connectivity index (χ4n) is 2.38. The van der Waals surface area contributed by atoms with Gasteiger partial charge in [0.15, 0.2) is 0 Å². The maximum atomic E-state index is 13.6. The van der Waals surface area contributed by atoms with Gasteiger partial charge in [0.2, 0.25) is 11.8 Å². The molecule has 144 valence electrons. The van der Waals surface area contributed by atoms with Crippen molar-refractivity contribution in [2.75, 3.05) is 30.3 Å². The molecule has 2 aromatic carbocycles. The Morgan fingerprint density at radius 2 is 1.63 bits per heavy atom. The van der Waals surface area contributed by atoms with Crippen LogP contribution in [0.3, 0.4) is 0 Å². The van der Waals surface area contributed by atoms with Crippen molar-refractivity contribution < 1.29 is 18.4 Å². The van der Waals surface area contributed by atoms with Gasteiger partial charge in [-0.1, -0.05) is 24.6 Å². The molecule has 0 aromatic heterocycles. The van der Waals surface area contributed by atoms with Crippen molar-refractivity contribution in [3.8, 4) is 0 Å². The lowest BCUT2D eigenvalue weighted by Gasteiger charge is -2.20. The predicted molar refractivity (Wildman–Crippen MR) is 102 cm³/mol. The highest BCUT2D eigenvalue weighted by atomic mass is 35.5. The summed E-state index contributed by atoms with van der Waals surface area (Å²) in [6.07, 6.45) is 0. The number of rotatable bonds is 7. The summed E-state index contributed by atoms with van der Waals surface area (Å²) in [6, 6.07) is 8.05. The second-order valence-corrected chi connectivity index (χ2v) is 6.42. The summed E-state index contributed by atoms with van der Waals surface area (Å²) in [5.74, 6) is -2.40. The Bertz CT molecular complexity index is 846. The molecule has 27 heavy (non-hydrogen) atoms. The Hall–Kier alpha value is -2.51. The second kappa shape index (κ2) is 9.43. The van der Waals surface area contributed by atoms with Gasteiger partial charge in [0.1, 0.15) is 11.6 Å². The van der Waals surface area contributed by atoms with E-state index in [0.717, 1.165) is 17.7 Å².